The second-order valence-corrected chi connectivity index (χ2v) is 5.86. The third-order valence-electron chi connectivity index (χ3n) is 3.80. The molecule has 1 N–H and O–H groups in total. The van der Waals surface area contributed by atoms with E-state index in [0.717, 1.165) is 6.07 Å². The molecule has 0 spiro atoms. The van der Waals surface area contributed by atoms with Crippen LogP contribution in [0, 0.1) is 10.1 Å². The summed E-state index contributed by atoms with van der Waals surface area (Å²) in [4.78, 5) is 22.1. The summed E-state index contributed by atoms with van der Waals surface area (Å²) in [6, 6.07) is 5.33. The molecule has 0 bridgehead atoms. The van der Waals surface area contributed by atoms with E-state index in [9.17, 15) is 14.9 Å². The molecule has 0 atom stereocenters. The van der Waals surface area contributed by atoms with E-state index >= 15 is 0 Å². The zero-order valence-electron chi connectivity index (χ0n) is 17.0. The van der Waals surface area contributed by atoms with Crippen LogP contribution in [0.3, 0.4) is 0 Å². The van der Waals surface area contributed by atoms with Crippen molar-refractivity contribution in [3.63, 3.8) is 0 Å². The van der Waals surface area contributed by atoms with Crippen molar-refractivity contribution in [3.05, 3.63) is 40.1 Å². The molecule has 12 nitrogen and oxygen atoms in total. The van der Waals surface area contributed by atoms with Crippen molar-refractivity contribution >= 4 is 17.8 Å². The molecule has 0 aliphatic heterocycles. The van der Waals surface area contributed by atoms with Crippen molar-refractivity contribution < 1.29 is 32.8 Å². The molecule has 0 unspecified atom stereocenters. The standard InChI is InChI=1S/C19H20N4O8/c1-4-27-13-9-11(10-14(28-5-2)16(13)29-6-3)18-21-22-19(31-18)20-17(24)12-7-8-15(30-12)23(25)26/h7-10H,4-6H2,1-3H3,(H,20,22,24). The van der Waals surface area contributed by atoms with Gasteiger partial charge in [0, 0.05) is 5.56 Å². The Morgan fingerprint density at radius 1 is 1.03 bits per heavy atom. The average molecular weight is 432 g/mol. The first-order valence-electron chi connectivity index (χ1n) is 9.42. The Hall–Kier alpha value is -4.09. The Morgan fingerprint density at radius 3 is 2.23 bits per heavy atom. The Morgan fingerprint density at radius 2 is 1.68 bits per heavy atom. The second kappa shape index (κ2) is 9.61. The molecule has 1 aromatic carbocycles. The molecule has 2 aromatic heterocycles. The molecule has 0 radical (unpaired) electrons. The number of benzene rings is 1. The highest BCUT2D eigenvalue weighted by Crippen LogP contribution is 2.41. The number of nitrogens with zero attached hydrogens (tertiary/aromatic N) is 3. The Balaban J connectivity index is 1.86. The maximum absolute atomic E-state index is 12.2. The van der Waals surface area contributed by atoms with Gasteiger partial charge in [-0.3, -0.25) is 20.2 Å². The second-order valence-electron chi connectivity index (χ2n) is 5.86. The predicted octanol–water partition coefficient (Wildman–Crippen LogP) is 3.69. The van der Waals surface area contributed by atoms with E-state index < -0.39 is 16.7 Å². The molecule has 1 amide bonds. The number of hydrogen-bond acceptors (Lipinski definition) is 10. The highest BCUT2D eigenvalue weighted by atomic mass is 16.6. The van der Waals surface area contributed by atoms with Gasteiger partial charge in [0.15, 0.2) is 17.3 Å². The fourth-order valence-corrected chi connectivity index (χ4v) is 2.61. The number of amides is 1. The summed E-state index contributed by atoms with van der Waals surface area (Å²) in [5.41, 5.74) is 0.483. The molecule has 12 heteroatoms. The molecular formula is C19H20N4O8. The van der Waals surface area contributed by atoms with Gasteiger partial charge in [0.2, 0.25) is 11.6 Å². The molecule has 3 rings (SSSR count). The van der Waals surface area contributed by atoms with Crippen LogP contribution in [0.15, 0.2) is 33.1 Å². The first-order chi connectivity index (χ1) is 15.0. The molecule has 3 aromatic rings. The van der Waals surface area contributed by atoms with E-state index in [2.05, 4.69) is 15.5 Å². The van der Waals surface area contributed by atoms with E-state index in [1.54, 1.807) is 12.1 Å². The van der Waals surface area contributed by atoms with Crippen molar-refractivity contribution in [2.24, 2.45) is 0 Å². The average Bonchev–Trinajstić information content (AvgIpc) is 3.40. The van der Waals surface area contributed by atoms with Gasteiger partial charge in [-0.1, -0.05) is 5.10 Å². The van der Waals surface area contributed by atoms with Gasteiger partial charge in [-0.25, -0.2) is 0 Å². The molecule has 164 valence electrons. The molecular weight excluding hydrogens is 412 g/mol. The number of hydrogen-bond donors (Lipinski definition) is 1. The van der Waals surface area contributed by atoms with Crippen LogP contribution in [-0.2, 0) is 0 Å². The molecule has 2 heterocycles. The number of ether oxygens (including phenoxy) is 3. The number of anilines is 1. The van der Waals surface area contributed by atoms with Crippen LogP contribution in [0.2, 0.25) is 0 Å². The van der Waals surface area contributed by atoms with E-state index in [-0.39, 0.29) is 17.7 Å². The molecule has 0 saturated heterocycles. The van der Waals surface area contributed by atoms with Crippen molar-refractivity contribution in [1.82, 2.24) is 10.2 Å². The molecule has 0 aliphatic rings. The summed E-state index contributed by atoms with van der Waals surface area (Å²) in [5, 5.41) is 20.7. The zero-order chi connectivity index (χ0) is 22.4. The number of aromatic nitrogens is 2. The van der Waals surface area contributed by atoms with Gasteiger partial charge in [0.05, 0.1) is 25.9 Å². The fraction of sp³-hybridized carbons (Fsp3) is 0.316. The smallest absolute Gasteiger partial charge is 0.433 e. The highest BCUT2D eigenvalue weighted by molar-refractivity contribution is 6.01. The molecule has 0 aliphatic carbocycles. The summed E-state index contributed by atoms with van der Waals surface area (Å²) in [6.45, 7) is 6.73. The lowest BCUT2D eigenvalue weighted by molar-refractivity contribution is -0.402. The highest BCUT2D eigenvalue weighted by Gasteiger charge is 2.21. The first-order valence-corrected chi connectivity index (χ1v) is 9.42. The van der Waals surface area contributed by atoms with E-state index in [4.69, 9.17) is 23.0 Å². The third kappa shape index (κ3) is 4.91. The largest absolute Gasteiger partial charge is 0.490 e. The lowest BCUT2D eigenvalue weighted by atomic mass is 10.2. The van der Waals surface area contributed by atoms with Gasteiger partial charge < -0.3 is 23.0 Å². The molecule has 0 fully saturated rings. The summed E-state index contributed by atoms with van der Waals surface area (Å²) >= 11 is 0. The van der Waals surface area contributed by atoms with E-state index in [1.165, 1.54) is 6.07 Å². The molecule has 0 saturated carbocycles. The van der Waals surface area contributed by atoms with Gasteiger partial charge in [-0.05, 0) is 39.0 Å². The van der Waals surface area contributed by atoms with Crippen molar-refractivity contribution in [2.75, 3.05) is 25.1 Å². The van der Waals surface area contributed by atoms with Crippen LogP contribution in [0.1, 0.15) is 31.3 Å². The number of carbonyl (C=O) groups is 1. The summed E-state index contributed by atoms with van der Waals surface area (Å²) in [6.07, 6.45) is 0. The maximum atomic E-state index is 12.2. The number of furan rings is 1. The Bertz CT molecular complexity index is 1050. The zero-order valence-corrected chi connectivity index (χ0v) is 17.0. The normalized spacial score (nSPS) is 10.5. The van der Waals surface area contributed by atoms with Crippen LogP contribution < -0.4 is 19.5 Å². The third-order valence-corrected chi connectivity index (χ3v) is 3.80. The van der Waals surface area contributed by atoms with E-state index in [1.807, 2.05) is 20.8 Å². The minimum Gasteiger partial charge on any atom is -0.490 e. The van der Waals surface area contributed by atoms with Gasteiger partial charge in [-0.2, -0.15) is 0 Å². The Kier molecular flexibility index (Phi) is 6.70. The topological polar surface area (TPSA) is 152 Å². The number of nitrogens with one attached hydrogen (secondary N) is 1. The minimum absolute atomic E-state index is 0.0886. The Labute approximate surface area is 176 Å². The lowest BCUT2D eigenvalue weighted by Gasteiger charge is -2.16. The van der Waals surface area contributed by atoms with Gasteiger partial charge in [0.1, 0.15) is 4.92 Å². The van der Waals surface area contributed by atoms with Crippen molar-refractivity contribution in [2.45, 2.75) is 20.8 Å². The van der Waals surface area contributed by atoms with Crippen molar-refractivity contribution in [3.8, 4) is 28.7 Å². The van der Waals surface area contributed by atoms with Crippen LogP contribution in [-0.4, -0.2) is 40.8 Å². The fourth-order valence-electron chi connectivity index (χ4n) is 2.61. The van der Waals surface area contributed by atoms with Crippen LogP contribution in [0.5, 0.6) is 17.2 Å². The summed E-state index contributed by atoms with van der Waals surface area (Å²) in [5.74, 6) is -0.176. The number of carbonyl (C=O) groups excluding carboxylic acids is 1. The van der Waals surface area contributed by atoms with Crippen LogP contribution in [0.4, 0.5) is 11.9 Å². The van der Waals surface area contributed by atoms with Crippen LogP contribution >= 0.6 is 0 Å². The number of nitro groups is 1. The SMILES string of the molecule is CCOc1cc(-c2nnc(NC(=O)c3ccc([N+](=O)[O-])o3)o2)cc(OCC)c1OCC. The predicted molar refractivity (Wildman–Crippen MR) is 107 cm³/mol. The quantitative estimate of drug-likeness (QED) is 0.371. The maximum Gasteiger partial charge on any atom is 0.433 e. The monoisotopic (exact) mass is 432 g/mol. The first kappa shape index (κ1) is 21.6. The minimum atomic E-state index is -0.778. The summed E-state index contributed by atoms with van der Waals surface area (Å²) < 4.78 is 27.3. The van der Waals surface area contributed by atoms with Gasteiger partial charge in [-0.15, -0.1) is 5.10 Å². The van der Waals surface area contributed by atoms with Gasteiger partial charge in [0.25, 0.3) is 5.91 Å². The van der Waals surface area contributed by atoms with E-state index in [0.29, 0.717) is 42.6 Å². The van der Waals surface area contributed by atoms with Crippen molar-refractivity contribution in [1.29, 1.82) is 0 Å². The van der Waals surface area contributed by atoms with Crippen LogP contribution in [0.25, 0.3) is 11.5 Å². The van der Waals surface area contributed by atoms with Gasteiger partial charge >= 0.3 is 11.9 Å². The molecule has 31 heavy (non-hydrogen) atoms. The lowest BCUT2D eigenvalue weighted by Crippen LogP contribution is -2.11. The summed E-state index contributed by atoms with van der Waals surface area (Å²) in [7, 11) is 0. The number of rotatable bonds is 10.